The van der Waals surface area contributed by atoms with Crippen LogP contribution in [-0.4, -0.2) is 46.1 Å². The van der Waals surface area contributed by atoms with Crippen molar-refractivity contribution in [2.75, 3.05) is 5.32 Å². The van der Waals surface area contributed by atoms with Crippen LogP contribution in [0.4, 0.5) is 11.4 Å². The third kappa shape index (κ3) is 6.98. The van der Waals surface area contributed by atoms with Crippen LogP contribution in [0.15, 0.2) is 72.8 Å². The smallest absolute Gasteiger partial charge is 0.349 e. The number of benzene rings is 3. The number of nitrogens with one attached hydrogen (secondary N) is 1. The lowest BCUT2D eigenvalue weighted by atomic mass is 10.1. The van der Waals surface area contributed by atoms with Gasteiger partial charge in [0.05, 0.1) is 16.1 Å². The molecule has 11 heteroatoms. The Morgan fingerprint density at radius 1 is 0.811 bits per heavy atom. The minimum Gasteiger partial charge on any atom is -0.478 e. The Kier molecular flexibility index (Phi) is 8.31. The normalized spacial score (nSPS) is 12.1. The predicted molar refractivity (Wildman–Crippen MR) is 130 cm³/mol. The fourth-order valence-electron chi connectivity index (χ4n) is 3.15. The zero-order valence-electron chi connectivity index (χ0n) is 19.7. The number of nitro benzene ring substituents is 1. The van der Waals surface area contributed by atoms with Gasteiger partial charge in [0.25, 0.3) is 11.6 Å². The standard InChI is InChI=1S/C26H22N2O9/c1-15-6-10-17(11-7-15)25(32)36-21(23(29)27-19-4-3-5-20(14-19)28(34)35)22(24(30)31)37-26(33)18-12-8-16(2)9-13-18/h3-14,21-22H,1-2H3,(H,27,29)(H,30,31)/t21-,22-/m1/s1. The molecular weight excluding hydrogens is 484 g/mol. The Hall–Kier alpha value is -5.06. The van der Waals surface area contributed by atoms with Crippen molar-refractivity contribution in [2.45, 2.75) is 26.1 Å². The summed E-state index contributed by atoms with van der Waals surface area (Å²) in [5, 5.41) is 23.1. The van der Waals surface area contributed by atoms with Gasteiger partial charge in [-0.3, -0.25) is 14.9 Å². The highest BCUT2D eigenvalue weighted by atomic mass is 16.6. The van der Waals surface area contributed by atoms with Crippen molar-refractivity contribution in [1.82, 2.24) is 0 Å². The number of carboxylic acid groups (broad SMARTS) is 1. The minimum atomic E-state index is -2.23. The van der Waals surface area contributed by atoms with Gasteiger partial charge >= 0.3 is 17.9 Å². The van der Waals surface area contributed by atoms with E-state index in [2.05, 4.69) is 5.32 Å². The van der Waals surface area contributed by atoms with Gasteiger partial charge in [0.2, 0.25) is 12.2 Å². The fraction of sp³-hybridized carbons (Fsp3) is 0.154. The van der Waals surface area contributed by atoms with Gasteiger partial charge in [-0.25, -0.2) is 14.4 Å². The number of anilines is 1. The number of nitrogens with zero attached hydrogens (tertiary/aromatic N) is 1. The topological polar surface area (TPSA) is 162 Å². The van der Waals surface area contributed by atoms with E-state index in [1.165, 1.54) is 42.5 Å². The first-order valence-electron chi connectivity index (χ1n) is 10.9. The second-order valence-corrected chi connectivity index (χ2v) is 8.02. The average Bonchev–Trinajstić information content (AvgIpc) is 2.86. The van der Waals surface area contributed by atoms with Crippen molar-refractivity contribution < 1.29 is 38.7 Å². The molecule has 2 atom stereocenters. The van der Waals surface area contributed by atoms with Crippen molar-refractivity contribution in [3.05, 3.63) is 105 Å². The first kappa shape index (κ1) is 26.5. The van der Waals surface area contributed by atoms with E-state index in [1.807, 2.05) is 0 Å². The molecular formula is C26H22N2O9. The number of esters is 2. The molecule has 0 aliphatic rings. The summed E-state index contributed by atoms with van der Waals surface area (Å²) in [6.07, 6.45) is -4.37. The Balaban J connectivity index is 1.92. The van der Waals surface area contributed by atoms with Crippen molar-refractivity contribution in [2.24, 2.45) is 0 Å². The number of rotatable bonds is 9. The van der Waals surface area contributed by atoms with Crippen LogP contribution in [-0.2, 0) is 19.1 Å². The second kappa shape index (κ2) is 11.6. The van der Waals surface area contributed by atoms with Gasteiger partial charge in [-0.05, 0) is 44.2 Å². The zero-order valence-corrected chi connectivity index (χ0v) is 19.7. The van der Waals surface area contributed by atoms with E-state index in [0.29, 0.717) is 0 Å². The summed E-state index contributed by atoms with van der Waals surface area (Å²) in [5.74, 6) is -5.04. The molecule has 0 aliphatic heterocycles. The van der Waals surface area contributed by atoms with Crippen LogP contribution in [0.25, 0.3) is 0 Å². The summed E-state index contributed by atoms with van der Waals surface area (Å²) in [7, 11) is 0. The largest absolute Gasteiger partial charge is 0.478 e. The third-order valence-electron chi connectivity index (χ3n) is 5.14. The minimum absolute atomic E-state index is 0.0135. The van der Waals surface area contributed by atoms with E-state index in [9.17, 15) is 34.4 Å². The molecule has 190 valence electrons. The average molecular weight is 506 g/mol. The number of carbonyl (C=O) groups is 4. The van der Waals surface area contributed by atoms with Gasteiger partial charge in [0.15, 0.2) is 0 Å². The van der Waals surface area contributed by atoms with Crippen LogP contribution < -0.4 is 5.32 Å². The van der Waals surface area contributed by atoms with Crippen molar-refractivity contribution in [3.63, 3.8) is 0 Å². The molecule has 0 saturated carbocycles. The van der Waals surface area contributed by atoms with Crippen molar-refractivity contribution >= 4 is 35.2 Å². The maximum Gasteiger partial charge on any atom is 0.349 e. The van der Waals surface area contributed by atoms with Crippen LogP contribution in [0, 0.1) is 24.0 Å². The summed E-state index contributed by atoms with van der Waals surface area (Å²) in [5.41, 5.74) is 1.31. The highest BCUT2D eigenvalue weighted by molar-refractivity contribution is 6.01. The molecule has 3 rings (SSSR count). The third-order valence-corrected chi connectivity index (χ3v) is 5.14. The molecule has 3 aromatic rings. The lowest BCUT2D eigenvalue weighted by Gasteiger charge is -2.23. The van der Waals surface area contributed by atoms with Crippen LogP contribution >= 0.6 is 0 Å². The molecule has 37 heavy (non-hydrogen) atoms. The monoisotopic (exact) mass is 506 g/mol. The van der Waals surface area contributed by atoms with E-state index in [4.69, 9.17) is 9.47 Å². The summed E-state index contributed by atoms with van der Waals surface area (Å²) in [6.45, 7) is 3.57. The Morgan fingerprint density at radius 2 is 1.30 bits per heavy atom. The van der Waals surface area contributed by atoms with E-state index in [0.717, 1.165) is 17.2 Å². The SMILES string of the molecule is Cc1ccc(C(=O)O[C@@H](C(=O)O)[C@@H](OC(=O)c2ccc(C)cc2)C(=O)Nc2cccc([N+](=O)[O-])c2)cc1. The Labute approximate surface area is 210 Å². The van der Waals surface area contributed by atoms with Crippen LogP contribution in [0.3, 0.4) is 0 Å². The number of carboxylic acids is 1. The molecule has 3 aromatic carbocycles. The predicted octanol–water partition coefficient (Wildman–Crippen LogP) is 3.69. The number of hydrogen-bond acceptors (Lipinski definition) is 8. The van der Waals surface area contributed by atoms with Crippen LogP contribution in [0.5, 0.6) is 0 Å². The maximum atomic E-state index is 13.1. The first-order valence-corrected chi connectivity index (χ1v) is 10.9. The van der Waals surface area contributed by atoms with Gasteiger partial charge in [0.1, 0.15) is 0 Å². The molecule has 1 amide bonds. The van der Waals surface area contributed by atoms with E-state index >= 15 is 0 Å². The van der Waals surface area contributed by atoms with Gasteiger partial charge in [-0.15, -0.1) is 0 Å². The molecule has 0 spiro atoms. The number of nitro groups is 1. The zero-order chi connectivity index (χ0) is 27.1. The quantitative estimate of drug-likeness (QED) is 0.250. The molecule has 0 bridgehead atoms. The number of carbonyl (C=O) groups excluding carboxylic acids is 3. The summed E-state index contributed by atoms with van der Waals surface area (Å²) >= 11 is 0. The number of aliphatic carboxylic acids is 1. The van der Waals surface area contributed by atoms with E-state index in [-0.39, 0.29) is 22.5 Å². The van der Waals surface area contributed by atoms with Crippen LogP contribution in [0.2, 0.25) is 0 Å². The maximum absolute atomic E-state index is 13.1. The molecule has 2 N–H and O–H groups in total. The molecule has 0 saturated heterocycles. The molecule has 0 fully saturated rings. The van der Waals surface area contributed by atoms with Gasteiger partial charge in [-0.1, -0.05) is 41.5 Å². The van der Waals surface area contributed by atoms with Gasteiger partial charge in [-0.2, -0.15) is 0 Å². The Morgan fingerprint density at radius 3 is 1.76 bits per heavy atom. The van der Waals surface area contributed by atoms with Crippen molar-refractivity contribution in [3.8, 4) is 0 Å². The summed E-state index contributed by atoms with van der Waals surface area (Å²) < 4.78 is 10.3. The first-order chi connectivity index (χ1) is 17.5. The van der Waals surface area contributed by atoms with E-state index < -0.39 is 40.9 Å². The number of aryl methyl sites for hydroxylation is 2. The number of amides is 1. The van der Waals surface area contributed by atoms with Crippen LogP contribution in [0.1, 0.15) is 31.8 Å². The lowest BCUT2D eigenvalue weighted by molar-refractivity contribution is -0.384. The molecule has 0 aliphatic carbocycles. The summed E-state index contributed by atoms with van der Waals surface area (Å²) in [4.78, 5) is 61.0. The highest BCUT2D eigenvalue weighted by Crippen LogP contribution is 2.20. The van der Waals surface area contributed by atoms with Crippen molar-refractivity contribution in [1.29, 1.82) is 0 Å². The lowest BCUT2D eigenvalue weighted by Crippen LogP contribution is -2.48. The summed E-state index contributed by atoms with van der Waals surface area (Å²) in [6, 6.07) is 16.9. The number of hydrogen-bond donors (Lipinski definition) is 2. The Bertz CT molecular complexity index is 1330. The molecule has 11 nitrogen and oxygen atoms in total. The molecule has 0 heterocycles. The van der Waals surface area contributed by atoms with E-state index in [1.54, 1.807) is 38.1 Å². The molecule has 0 unspecified atom stereocenters. The molecule has 0 radical (unpaired) electrons. The molecule has 0 aromatic heterocycles. The highest BCUT2D eigenvalue weighted by Gasteiger charge is 2.41. The van der Waals surface area contributed by atoms with Gasteiger partial charge in [0, 0.05) is 17.8 Å². The van der Waals surface area contributed by atoms with Gasteiger partial charge < -0.3 is 19.9 Å². The number of ether oxygens (including phenoxy) is 2. The number of non-ortho nitro benzene ring substituents is 1. The second-order valence-electron chi connectivity index (χ2n) is 8.02. The fourth-order valence-corrected chi connectivity index (χ4v) is 3.15.